The molecule has 3 nitrogen and oxygen atoms in total. The normalized spacial score (nSPS) is 27.6. The summed E-state index contributed by atoms with van der Waals surface area (Å²) in [5, 5.41) is 9.41. The number of aliphatic hydroxyl groups excluding tert-OH is 1. The highest BCUT2D eigenvalue weighted by molar-refractivity contribution is 5.44. The summed E-state index contributed by atoms with van der Waals surface area (Å²) in [6.45, 7) is 0. The predicted molar refractivity (Wildman–Crippen MR) is 57.5 cm³/mol. The fourth-order valence-electron chi connectivity index (χ4n) is 2.19. The van der Waals surface area contributed by atoms with E-state index in [1.165, 1.54) is 5.69 Å². The summed E-state index contributed by atoms with van der Waals surface area (Å²) >= 11 is 0. The van der Waals surface area contributed by atoms with E-state index in [1.54, 1.807) is 0 Å². The van der Waals surface area contributed by atoms with E-state index in [2.05, 4.69) is 23.0 Å². The summed E-state index contributed by atoms with van der Waals surface area (Å²) in [5.74, 6) is 0. The Bertz CT molecular complexity index is 263. The summed E-state index contributed by atoms with van der Waals surface area (Å²) in [4.78, 5) is 5.38. The topological polar surface area (TPSA) is 39.3 Å². The first kappa shape index (κ1) is 9.59. The van der Waals surface area contributed by atoms with Crippen LogP contribution in [0.5, 0.6) is 0 Å². The van der Waals surface area contributed by atoms with Gasteiger partial charge in [-0.05, 0) is 31.7 Å². The minimum Gasteiger partial charge on any atom is -0.393 e. The molecule has 0 aliphatic heterocycles. The van der Waals surface area contributed by atoms with Gasteiger partial charge in [-0.25, -0.2) is 0 Å². The van der Waals surface area contributed by atoms with Gasteiger partial charge in [0.25, 0.3) is 0 Å². The van der Waals surface area contributed by atoms with Crippen molar-refractivity contribution in [1.29, 1.82) is 0 Å². The van der Waals surface area contributed by atoms with Gasteiger partial charge in [0.2, 0.25) is 0 Å². The summed E-state index contributed by atoms with van der Waals surface area (Å²) in [5.41, 5.74) is 1.24. The van der Waals surface area contributed by atoms with E-state index in [1.807, 2.05) is 12.4 Å². The second-order valence-electron chi connectivity index (χ2n) is 4.14. The van der Waals surface area contributed by atoms with Crippen molar-refractivity contribution in [3.63, 3.8) is 0 Å². The zero-order valence-corrected chi connectivity index (χ0v) is 8.61. The van der Waals surface area contributed by atoms with E-state index >= 15 is 0 Å². The lowest BCUT2D eigenvalue weighted by atomic mass is 9.92. The quantitative estimate of drug-likeness (QED) is 0.753. The number of H-pyrrole nitrogens is 1. The zero-order valence-electron chi connectivity index (χ0n) is 8.61. The van der Waals surface area contributed by atoms with E-state index in [0.717, 1.165) is 25.7 Å². The molecule has 78 valence electrons. The molecule has 0 amide bonds. The fourth-order valence-corrected chi connectivity index (χ4v) is 2.19. The average Bonchev–Trinajstić information content (AvgIpc) is 2.71. The lowest BCUT2D eigenvalue weighted by molar-refractivity contribution is 0.122. The van der Waals surface area contributed by atoms with Crippen molar-refractivity contribution in [2.45, 2.75) is 37.8 Å². The van der Waals surface area contributed by atoms with Crippen molar-refractivity contribution >= 4 is 5.69 Å². The molecule has 1 aliphatic carbocycles. The van der Waals surface area contributed by atoms with Gasteiger partial charge in [0, 0.05) is 25.5 Å². The molecule has 0 aromatic carbocycles. The standard InChI is InChI=1S/C11H18N2O/c1-13(10-6-7-12-8-10)9-2-4-11(14)5-3-9/h6-9,11-12,14H,2-5H2,1H3. The molecule has 0 atom stereocenters. The molecule has 1 aliphatic rings. The monoisotopic (exact) mass is 194 g/mol. The first-order valence-corrected chi connectivity index (χ1v) is 5.31. The third-order valence-electron chi connectivity index (χ3n) is 3.20. The maximum absolute atomic E-state index is 9.41. The molecule has 0 spiro atoms. The van der Waals surface area contributed by atoms with Crippen molar-refractivity contribution in [2.75, 3.05) is 11.9 Å². The maximum atomic E-state index is 9.41. The number of aromatic amines is 1. The number of rotatable bonds is 2. The average molecular weight is 194 g/mol. The van der Waals surface area contributed by atoms with Gasteiger partial charge in [-0.15, -0.1) is 0 Å². The molecule has 1 heterocycles. The highest BCUT2D eigenvalue weighted by Gasteiger charge is 2.22. The Balaban J connectivity index is 1.95. The Morgan fingerprint density at radius 3 is 2.64 bits per heavy atom. The van der Waals surface area contributed by atoms with Crippen LogP contribution in [0.2, 0.25) is 0 Å². The van der Waals surface area contributed by atoms with Gasteiger partial charge in [0.05, 0.1) is 11.8 Å². The second-order valence-corrected chi connectivity index (χ2v) is 4.14. The van der Waals surface area contributed by atoms with Crippen LogP contribution >= 0.6 is 0 Å². The van der Waals surface area contributed by atoms with E-state index in [4.69, 9.17) is 0 Å². The molecule has 1 saturated carbocycles. The van der Waals surface area contributed by atoms with Crippen molar-refractivity contribution in [3.05, 3.63) is 18.5 Å². The van der Waals surface area contributed by atoms with Crippen LogP contribution in [0.4, 0.5) is 5.69 Å². The van der Waals surface area contributed by atoms with Crippen LogP contribution in [0.3, 0.4) is 0 Å². The molecule has 0 saturated heterocycles. The van der Waals surface area contributed by atoms with E-state index in [-0.39, 0.29) is 6.10 Å². The molecule has 2 rings (SSSR count). The number of hydrogen-bond acceptors (Lipinski definition) is 2. The van der Waals surface area contributed by atoms with Crippen LogP contribution in [0.25, 0.3) is 0 Å². The predicted octanol–water partition coefficient (Wildman–Crippen LogP) is 1.75. The molecule has 2 N–H and O–H groups in total. The Morgan fingerprint density at radius 1 is 1.36 bits per heavy atom. The van der Waals surface area contributed by atoms with Crippen LogP contribution in [0, 0.1) is 0 Å². The molecule has 0 radical (unpaired) electrons. The minimum atomic E-state index is -0.0640. The van der Waals surface area contributed by atoms with Crippen LogP contribution in [0.1, 0.15) is 25.7 Å². The van der Waals surface area contributed by atoms with Crippen molar-refractivity contribution in [3.8, 4) is 0 Å². The minimum absolute atomic E-state index is 0.0640. The van der Waals surface area contributed by atoms with Crippen LogP contribution < -0.4 is 4.90 Å². The van der Waals surface area contributed by atoms with Gasteiger partial charge in [0.15, 0.2) is 0 Å². The summed E-state index contributed by atoms with van der Waals surface area (Å²) in [7, 11) is 2.13. The van der Waals surface area contributed by atoms with Gasteiger partial charge in [-0.3, -0.25) is 0 Å². The lowest BCUT2D eigenvalue weighted by Gasteiger charge is -2.33. The van der Waals surface area contributed by atoms with E-state index in [0.29, 0.717) is 6.04 Å². The van der Waals surface area contributed by atoms with Gasteiger partial charge in [-0.1, -0.05) is 0 Å². The molecule has 1 aromatic heterocycles. The zero-order chi connectivity index (χ0) is 9.97. The first-order valence-electron chi connectivity index (χ1n) is 5.31. The largest absolute Gasteiger partial charge is 0.393 e. The highest BCUT2D eigenvalue weighted by Crippen LogP contribution is 2.25. The number of hydrogen-bond donors (Lipinski definition) is 2. The van der Waals surface area contributed by atoms with Gasteiger partial charge >= 0.3 is 0 Å². The molecule has 0 bridgehead atoms. The van der Waals surface area contributed by atoms with E-state index < -0.39 is 0 Å². The van der Waals surface area contributed by atoms with Crippen molar-refractivity contribution in [1.82, 2.24) is 4.98 Å². The van der Waals surface area contributed by atoms with Gasteiger partial charge < -0.3 is 15.0 Å². The summed E-state index contributed by atoms with van der Waals surface area (Å²) in [6.07, 6.45) is 7.99. The molecule has 3 heteroatoms. The molecular weight excluding hydrogens is 176 g/mol. The Labute approximate surface area is 84.7 Å². The van der Waals surface area contributed by atoms with Gasteiger partial charge in [0.1, 0.15) is 0 Å². The highest BCUT2D eigenvalue weighted by atomic mass is 16.3. The smallest absolute Gasteiger partial charge is 0.0543 e. The maximum Gasteiger partial charge on any atom is 0.0543 e. The molecule has 0 unspecified atom stereocenters. The van der Waals surface area contributed by atoms with Crippen molar-refractivity contribution in [2.24, 2.45) is 0 Å². The summed E-state index contributed by atoms with van der Waals surface area (Å²) < 4.78 is 0. The van der Waals surface area contributed by atoms with Gasteiger partial charge in [-0.2, -0.15) is 0 Å². The van der Waals surface area contributed by atoms with Crippen LogP contribution in [0.15, 0.2) is 18.5 Å². The Morgan fingerprint density at radius 2 is 2.07 bits per heavy atom. The molecule has 1 fully saturated rings. The number of aliphatic hydroxyl groups is 1. The fraction of sp³-hybridized carbons (Fsp3) is 0.636. The number of aromatic nitrogens is 1. The molecule has 1 aromatic rings. The number of nitrogens with zero attached hydrogens (tertiary/aromatic N) is 1. The third-order valence-corrected chi connectivity index (χ3v) is 3.20. The van der Waals surface area contributed by atoms with Crippen LogP contribution in [-0.2, 0) is 0 Å². The molecule has 14 heavy (non-hydrogen) atoms. The Kier molecular flexibility index (Phi) is 2.77. The van der Waals surface area contributed by atoms with E-state index in [9.17, 15) is 5.11 Å². The SMILES string of the molecule is CN(c1cc[nH]c1)C1CCC(O)CC1. The number of anilines is 1. The second kappa shape index (κ2) is 4.05. The lowest BCUT2D eigenvalue weighted by Crippen LogP contribution is -2.36. The summed E-state index contributed by atoms with van der Waals surface area (Å²) in [6, 6.07) is 2.68. The Hall–Kier alpha value is -0.960. The first-order chi connectivity index (χ1) is 6.77. The molecular formula is C11H18N2O. The number of nitrogens with one attached hydrogen (secondary N) is 1. The van der Waals surface area contributed by atoms with Crippen molar-refractivity contribution < 1.29 is 5.11 Å². The third kappa shape index (κ3) is 1.93. The van der Waals surface area contributed by atoms with Crippen LogP contribution in [-0.4, -0.2) is 29.3 Å².